The predicted octanol–water partition coefficient (Wildman–Crippen LogP) is 1.72. The van der Waals surface area contributed by atoms with Gasteiger partial charge in [0.2, 0.25) is 0 Å². The zero-order valence-corrected chi connectivity index (χ0v) is 12.3. The highest BCUT2D eigenvalue weighted by molar-refractivity contribution is 8.00. The molecule has 1 aliphatic rings. The van der Waals surface area contributed by atoms with E-state index >= 15 is 0 Å². The zero-order chi connectivity index (χ0) is 14.3. The number of aliphatic hydroxyl groups excluding tert-OH is 1. The van der Waals surface area contributed by atoms with Crippen LogP contribution in [0.15, 0.2) is 12.5 Å². The van der Waals surface area contributed by atoms with Crippen LogP contribution in [0.25, 0.3) is 11.0 Å². The number of hydrogen-bond acceptors (Lipinski definition) is 6. The molecule has 0 aliphatic carbocycles. The van der Waals surface area contributed by atoms with E-state index in [2.05, 4.69) is 23.8 Å². The third-order valence-electron chi connectivity index (χ3n) is 3.48. The minimum Gasteiger partial charge on any atom is -0.393 e. The Balaban J connectivity index is 2.10. The Morgan fingerprint density at radius 2 is 2.35 bits per heavy atom. The molecule has 1 aliphatic heterocycles. The Morgan fingerprint density at radius 3 is 3.00 bits per heavy atom. The lowest BCUT2D eigenvalue weighted by molar-refractivity contribution is -0.00169. The minimum absolute atomic E-state index is 0.0223. The molecule has 0 amide bonds. The molecule has 2 aromatic heterocycles. The highest BCUT2D eigenvalue weighted by atomic mass is 32.2. The fourth-order valence-corrected chi connectivity index (χ4v) is 3.41. The SMILES string of the molecule is CC(C)c1cn([C@H]2CS[C@@H](CO)O2)c2ncnc(N)c12. The summed E-state index contributed by atoms with van der Waals surface area (Å²) in [6.45, 7) is 4.26. The summed E-state index contributed by atoms with van der Waals surface area (Å²) in [6.07, 6.45) is 3.40. The molecule has 0 aromatic carbocycles. The van der Waals surface area contributed by atoms with Gasteiger partial charge in [0.25, 0.3) is 0 Å². The summed E-state index contributed by atoms with van der Waals surface area (Å²) in [5, 5.41) is 10.1. The molecule has 2 atom stereocenters. The van der Waals surface area contributed by atoms with Crippen LogP contribution in [-0.2, 0) is 4.74 Å². The fraction of sp³-hybridized carbons (Fsp3) is 0.538. The van der Waals surface area contributed by atoms with Crippen molar-refractivity contribution in [2.75, 3.05) is 18.1 Å². The highest BCUT2D eigenvalue weighted by Crippen LogP contribution is 2.37. The van der Waals surface area contributed by atoms with Gasteiger partial charge in [-0.15, -0.1) is 11.8 Å². The van der Waals surface area contributed by atoms with Crippen molar-refractivity contribution in [1.82, 2.24) is 14.5 Å². The number of nitrogens with two attached hydrogens (primary N) is 1. The molecule has 3 N–H and O–H groups in total. The number of nitrogen functional groups attached to an aromatic ring is 1. The van der Waals surface area contributed by atoms with Crippen LogP contribution in [0.2, 0.25) is 0 Å². The normalized spacial score (nSPS) is 23.0. The van der Waals surface area contributed by atoms with Crippen LogP contribution in [-0.4, -0.2) is 37.4 Å². The number of aromatic nitrogens is 3. The second-order valence-electron chi connectivity index (χ2n) is 5.14. The van der Waals surface area contributed by atoms with Gasteiger partial charge in [-0.3, -0.25) is 0 Å². The number of ether oxygens (including phenoxy) is 1. The van der Waals surface area contributed by atoms with Gasteiger partial charge in [0, 0.05) is 11.9 Å². The topological polar surface area (TPSA) is 86.2 Å². The Morgan fingerprint density at radius 1 is 1.55 bits per heavy atom. The predicted molar refractivity (Wildman–Crippen MR) is 79.5 cm³/mol. The molecule has 7 heteroatoms. The second kappa shape index (κ2) is 5.23. The Labute approximate surface area is 121 Å². The van der Waals surface area contributed by atoms with E-state index in [1.807, 2.05) is 10.8 Å². The van der Waals surface area contributed by atoms with Crippen LogP contribution in [0.5, 0.6) is 0 Å². The smallest absolute Gasteiger partial charge is 0.147 e. The lowest BCUT2D eigenvalue weighted by atomic mass is 10.0. The van der Waals surface area contributed by atoms with Gasteiger partial charge < -0.3 is 20.1 Å². The van der Waals surface area contributed by atoms with Gasteiger partial charge in [-0.1, -0.05) is 13.8 Å². The molecule has 0 spiro atoms. The van der Waals surface area contributed by atoms with Crippen LogP contribution >= 0.6 is 11.8 Å². The van der Waals surface area contributed by atoms with Crippen molar-refractivity contribution in [3.05, 3.63) is 18.1 Å². The zero-order valence-electron chi connectivity index (χ0n) is 11.5. The molecule has 1 saturated heterocycles. The summed E-state index contributed by atoms with van der Waals surface area (Å²) in [5.74, 6) is 1.62. The summed E-state index contributed by atoms with van der Waals surface area (Å²) in [7, 11) is 0. The van der Waals surface area contributed by atoms with Crippen LogP contribution in [0.3, 0.4) is 0 Å². The van der Waals surface area contributed by atoms with Crippen LogP contribution in [0.4, 0.5) is 5.82 Å². The van der Waals surface area contributed by atoms with Crippen molar-refractivity contribution in [1.29, 1.82) is 0 Å². The number of anilines is 1. The minimum atomic E-state index is -0.167. The summed E-state index contributed by atoms with van der Waals surface area (Å²) in [4.78, 5) is 8.45. The van der Waals surface area contributed by atoms with Crippen molar-refractivity contribution < 1.29 is 9.84 Å². The Bertz CT molecular complexity index is 628. The maximum absolute atomic E-state index is 9.18. The first kappa shape index (κ1) is 13.7. The molecule has 0 saturated carbocycles. The molecular weight excluding hydrogens is 276 g/mol. The largest absolute Gasteiger partial charge is 0.393 e. The van der Waals surface area contributed by atoms with Crippen molar-refractivity contribution in [2.24, 2.45) is 0 Å². The average molecular weight is 294 g/mol. The van der Waals surface area contributed by atoms with E-state index in [4.69, 9.17) is 10.5 Å². The monoisotopic (exact) mass is 294 g/mol. The van der Waals surface area contributed by atoms with Crippen molar-refractivity contribution in [3.63, 3.8) is 0 Å². The number of hydrogen-bond donors (Lipinski definition) is 2. The average Bonchev–Trinajstić information content (AvgIpc) is 3.02. The molecule has 2 aromatic rings. The van der Waals surface area contributed by atoms with Crippen molar-refractivity contribution >= 4 is 28.6 Å². The maximum atomic E-state index is 9.18. The molecule has 6 nitrogen and oxygen atoms in total. The number of rotatable bonds is 3. The van der Waals surface area contributed by atoms with Crippen LogP contribution in [0.1, 0.15) is 31.6 Å². The van der Waals surface area contributed by atoms with Gasteiger partial charge in [-0.25, -0.2) is 9.97 Å². The van der Waals surface area contributed by atoms with Gasteiger partial charge in [0.1, 0.15) is 29.5 Å². The van der Waals surface area contributed by atoms with Crippen molar-refractivity contribution in [3.8, 4) is 0 Å². The van der Waals surface area contributed by atoms with Gasteiger partial charge in [-0.05, 0) is 11.5 Å². The van der Waals surface area contributed by atoms with E-state index in [9.17, 15) is 5.11 Å². The number of nitrogens with zero attached hydrogens (tertiary/aromatic N) is 3. The van der Waals surface area contributed by atoms with E-state index in [1.165, 1.54) is 6.33 Å². The van der Waals surface area contributed by atoms with E-state index in [1.54, 1.807) is 11.8 Å². The maximum Gasteiger partial charge on any atom is 0.147 e. The third-order valence-corrected chi connectivity index (χ3v) is 4.59. The van der Waals surface area contributed by atoms with Crippen LogP contribution in [0, 0.1) is 0 Å². The van der Waals surface area contributed by atoms with Crippen molar-refractivity contribution in [2.45, 2.75) is 31.4 Å². The number of thioether (sulfide) groups is 1. The quantitative estimate of drug-likeness (QED) is 0.896. The Hall–Kier alpha value is -1.31. The molecular formula is C13H18N4O2S. The summed E-state index contributed by atoms with van der Waals surface area (Å²) in [6, 6.07) is 0. The molecule has 0 bridgehead atoms. The summed E-state index contributed by atoms with van der Waals surface area (Å²) < 4.78 is 7.82. The molecule has 0 radical (unpaired) electrons. The first-order valence-corrected chi connectivity index (χ1v) is 7.65. The van der Waals surface area contributed by atoms with Gasteiger partial charge in [-0.2, -0.15) is 0 Å². The van der Waals surface area contributed by atoms with Gasteiger partial charge in [0.15, 0.2) is 0 Å². The molecule has 3 rings (SSSR count). The molecule has 20 heavy (non-hydrogen) atoms. The molecule has 108 valence electrons. The molecule has 0 unspecified atom stereocenters. The van der Waals surface area contributed by atoms with E-state index in [-0.39, 0.29) is 18.3 Å². The van der Waals surface area contributed by atoms with E-state index < -0.39 is 0 Å². The van der Waals surface area contributed by atoms with Gasteiger partial charge in [0.05, 0.1) is 12.0 Å². The molecule has 1 fully saturated rings. The summed E-state index contributed by atoms with van der Waals surface area (Å²) >= 11 is 1.61. The van der Waals surface area contributed by atoms with Gasteiger partial charge >= 0.3 is 0 Å². The summed E-state index contributed by atoms with van der Waals surface area (Å²) in [5.41, 5.74) is 7.76. The third kappa shape index (κ3) is 2.15. The lowest BCUT2D eigenvalue weighted by Crippen LogP contribution is -2.14. The highest BCUT2D eigenvalue weighted by Gasteiger charge is 2.29. The fourth-order valence-electron chi connectivity index (χ4n) is 2.48. The molecule has 3 heterocycles. The standard InChI is InChI=1S/C13H18N4O2S/c1-7(2)8-3-17(9-5-20-10(4-18)19-9)13-11(8)12(14)15-6-16-13/h3,6-7,9-10,18H,4-5H2,1-2H3,(H2,14,15,16)/t9-,10+/m1/s1. The second-order valence-corrected chi connectivity index (χ2v) is 6.33. The van der Waals surface area contributed by atoms with E-state index in [0.717, 1.165) is 22.3 Å². The lowest BCUT2D eigenvalue weighted by Gasteiger charge is -2.13. The Kier molecular flexibility index (Phi) is 3.57. The van der Waals surface area contributed by atoms with Crippen LogP contribution < -0.4 is 5.73 Å². The number of fused-ring (bicyclic) bond motifs is 1. The first-order valence-electron chi connectivity index (χ1n) is 6.60. The van der Waals surface area contributed by atoms with E-state index in [0.29, 0.717) is 11.7 Å². The first-order chi connectivity index (χ1) is 9.61. The number of aliphatic hydroxyl groups is 1.